The number of nitrogens with zero attached hydrogens (tertiary/aromatic N) is 6. The van der Waals surface area contributed by atoms with E-state index in [2.05, 4.69) is 20.0 Å². The zero-order valence-electron chi connectivity index (χ0n) is 18.5. The predicted octanol–water partition coefficient (Wildman–Crippen LogP) is 1.79. The molecule has 2 fully saturated rings. The van der Waals surface area contributed by atoms with Crippen molar-refractivity contribution in [2.75, 3.05) is 26.7 Å². The molecule has 1 unspecified atom stereocenters. The maximum Gasteiger partial charge on any atom is 0.277 e. The van der Waals surface area contributed by atoms with Gasteiger partial charge in [0, 0.05) is 26.7 Å². The molecule has 1 aromatic carbocycles. The Labute approximate surface area is 189 Å². The smallest absolute Gasteiger partial charge is 0.277 e. The van der Waals surface area contributed by atoms with E-state index in [0.29, 0.717) is 36.7 Å². The number of aliphatic hydroxyl groups is 1. The van der Waals surface area contributed by atoms with E-state index >= 15 is 0 Å². The van der Waals surface area contributed by atoms with Crippen molar-refractivity contribution < 1.29 is 14.4 Å². The normalized spacial score (nSPS) is 20.6. The van der Waals surface area contributed by atoms with E-state index in [0.717, 1.165) is 43.3 Å². The zero-order valence-corrected chi connectivity index (χ0v) is 18.5. The van der Waals surface area contributed by atoms with Crippen molar-refractivity contribution in [1.29, 1.82) is 0 Å². The Balaban J connectivity index is 1.44. The predicted molar refractivity (Wildman–Crippen MR) is 120 cm³/mol. The lowest BCUT2D eigenvalue weighted by Crippen LogP contribution is -2.40. The van der Waals surface area contributed by atoms with Crippen LogP contribution in [-0.2, 0) is 16.9 Å². The molecule has 0 amide bonds. The number of aromatic nitrogens is 5. The van der Waals surface area contributed by atoms with Gasteiger partial charge in [0.15, 0.2) is 0 Å². The number of piperidine rings is 1. The van der Waals surface area contributed by atoms with Gasteiger partial charge in [0.1, 0.15) is 23.1 Å². The van der Waals surface area contributed by atoms with Gasteiger partial charge in [0.2, 0.25) is 5.82 Å². The van der Waals surface area contributed by atoms with Crippen LogP contribution in [0.5, 0.6) is 0 Å². The van der Waals surface area contributed by atoms with Crippen LogP contribution in [0.2, 0.25) is 0 Å². The lowest BCUT2D eigenvalue weighted by molar-refractivity contribution is 0.0492. The second kappa shape index (κ2) is 7.75. The van der Waals surface area contributed by atoms with Crippen molar-refractivity contribution in [3.63, 3.8) is 0 Å². The van der Waals surface area contributed by atoms with Gasteiger partial charge in [-0.3, -0.25) is 14.1 Å². The largest absolute Gasteiger partial charge is 0.392 e. The number of imidazole rings is 1. The number of likely N-dealkylation sites (tertiary alicyclic amines) is 1. The summed E-state index contributed by atoms with van der Waals surface area (Å²) in [5.74, 6) is 0.708. The summed E-state index contributed by atoms with van der Waals surface area (Å²) in [7, 11) is 1.63. The average molecular weight is 450 g/mol. The highest BCUT2D eigenvalue weighted by atomic mass is 16.5. The van der Waals surface area contributed by atoms with Crippen LogP contribution in [-0.4, -0.2) is 66.9 Å². The lowest BCUT2D eigenvalue weighted by atomic mass is 10.1. The molecule has 3 aromatic heterocycles. The van der Waals surface area contributed by atoms with Crippen LogP contribution in [0.15, 0.2) is 39.9 Å². The van der Waals surface area contributed by atoms with Gasteiger partial charge in [0.05, 0.1) is 17.1 Å². The molecule has 1 N–H and O–H groups in total. The van der Waals surface area contributed by atoms with Crippen molar-refractivity contribution in [2.24, 2.45) is 0 Å². The fourth-order valence-electron chi connectivity index (χ4n) is 4.85. The van der Waals surface area contributed by atoms with E-state index < -0.39 is 5.60 Å². The molecule has 6 rings (SSSR count). The number of rotatable bonds is 6. The number of para-hydroxylation sites is 2. The van der Waals surface area contributed by atoms with Gasteiger partial charge in [-0.1, -0.05) is 17.3 Å². The van der Waals surface area contributed by atoms with Crippen LogP contribution in [0.1, 0.15) is 31.6 Å². The van der Waals surface area contributed by atoms with E-state index in [1.54, 1.807) is 22.4 Å². The van der Waals surface area contributed by atoms with Crippen molar-refractivity contribution in [3.8, 4) is 11.5 Å². The summed E-state index contributed by atoms with van der Waals surface area (Å²) >= 11 is 0. The Morgan fingerprint density at radius 2 is 2.06 bits per heavy atom. The van der Waals surface area contributed by atoms with Crippen molar-refractivity contribution in [3.05, 3.63) is 46.8 Å². The van der Waals surface area contributed by atoms with E-state index in [1.165, 1.54) is 0 Å². The van der Waals surface area contributed by atoms with Gasteiger partial charge in [-0.2, -0.15) is 4.98 Å². The van der Waals surface area contributed by atoms with Crippen LogP contribution in [0, 0.1) is 0 Å². The fourth-order valence-corrected chi connectivity index (χ4v) is 4.85. The van der Waals surface area contributed by atoms with Gasteiger partial charge >= 0.3 is 0 Å². The quantitative estimate of drug-likeness (QED) is 0.473. The number of ether oxygens (including phenoxy) is 1. The highest BCUT2D eigenvalue weighted by Gasteiger charge is 2.50. The van der Waals surface area contributed by atoms with Crippen molar-refractivity contribution in [2.45, 2.75) is 43.9 Å². The number of hydrogen-bond acceptors (Lipinski definition) is 8. The fraction of sp³-hybridized carbons (Fsp3) is 0.478. The Kier molecular flexibility index (Phi) is 4.82. The molecular weight excluding hydrogens is 424 g/mol. The lowest BCUT2D eigenvalue weighted by Gasteiger charge is -2.30. The summed E-state index contributed by atoms with van der Waals surface area (Å²) in [6.45, 7) is 2.76. The van der Waals surface area contributed by atoms with Gasteiger partial charge in [-0.15, -0.1) is 0 Å². The molecule has 172 valence electrons. The monoisotopic (exact) mass is 450 g/mol. The van der Waals surface area contributed by atoms with Gasteiger partial charge in [0.25, 0.3) is 11.4 Å². The Hall–Kier alpha value is -3.08. The number of fused-ring (bicyclic) bond motifs is 3. The summed E-state index contributed by atoms with van der Waals surface area (Å²) in [5, 5.41) is 14.1. The van der Waals surface area contributed by atoms with Crippen LogP contribution >= 0.6 is 0 Å². The van der Waals surface area contributed by atoms with Gasteiger partial charge in [-0.25, -0.2) is 4.98 Å². The molecule has 2 aliphatic rings. The SMILES string of the molecule is COC1(c2nc(-c3ncn4c3c(=O)n(CCN3CCCC(O)C3)c3ccccc34)no2)CC1. The second-order valence-electron chi connectivity index (χ2n) is 8.98. The number of β-amino-alcohol motifs (C(OH)–C–C–N with tert-alkyl or cyclic N) is 1. The third-order valence-corrected chi connectivity index (χ3v) is 6.89. The maximum absolute atomic E-state index is 13.7. The van der Waals surface area contributed by atoms with E-state index in [-0.39, 0.29) is 17.5 Å². The first kappa shape index (κ1) is 20.5. The standard InChI is InChI=1S/C23H26N6O4/c1-32-23(8-9-23)22-25-20(26-33-22)18-19-21(31)28(12-11-27-10-4-5-15(30)13-27)16-6-2-3-7-17(16)29(19)14-24-18/h2-3,6-7,14-15,30H,4-5,8-13H2,1H3. The molecule has 1 aliphatic carbocycles. The molecular formula is C23H26N6O4. The molecule has 4 aromatic rings. The molecule has 33 heavy (non-hydrogen) atoms. The molecule has 1 saturated carbocycles. The van der Waals surface area contributed by atoms with Gasteiger partial charge in [-0.05, 0) is 44.4 Å². The highest BCUT2D eigenvalue weighted by molar-refractivity contribution is 5.83. The van der Waals surface area contributed by atoms with Gasteiger partial charge < -0.3 is 18.9 Å². The minimum atomic E-state index is -0.507. The van der Waals surface area contributed by atoms with Crippen LogP contribution in [0.4, 0.5) is 0 Å². The first-order chi connectivity index (χ1) is 16.1. The molecule has 0 spiro atoms. The Morgan fingerprint density at radius 3 is 2.82 bits per heavy atom. The van der Waals surface area contributed by atoms with Crippen LogP contribution in [0.3, 0.4) is 0 Å². The molecule has 0 bridgehead atoms. The summed E-state index contributed by atoms with van der Waals surface area (Å²) in [5.41, 5.74) is 1.87. The minimum Gasteiger partial charge on any atom is -0.392 e. The molecule has 1 atom stereocenters. The molecule has 10 nitrogen and oxygen atoms in total. The highest BCUT2D eigenvalue weighted by Crippen LogP contribution is 2.48. The minimum absolute atomic E-state index is 0.155. The molecule has 1 saturated heterocycles. The number of benzene rings is 1. The van der Waals surface area contributed by atoms with Crippen LogP contribution in [0.25, 0.3) is 28.1 Å². The van der Waals surface area contributed by atoms with E-state index in [1.807, 2.05) is 24.3 Å². The Bertz CT molecular complexity index is 1380. The Morgan fingerprint density at radius 1 is 1.24 bits per heavy atom. The molecule has 10 heteroatoms. The summed E-state index contributed by atoms with van der Waals surface area (Å²) < 4.78 is 14.6. The first-order valence-corrected chi connectivity index (χ1v) is 11.4. The number of hydrogen-bond donors (Lipinski definition) is 1. The van der Waals surface area contributed by atoms with Crippen molar-refractivity contribution >= 4 is 16.6 Å². The summed E-state index contributed by atoms with van der Waals surface area (Å²) in [6, 6.07) is 7.79. The number of methoxy groups -OCH3 is 1. The zero-order chi connectivity index (χ0) is 22.6. The average Bonchev–Trinajstić information content (AvgIpc) is 3.25. The summed E-state index contributed by atoms with van der Waals surface area (Å²) in [6.07, 6.45) is 4.80. The third-order valence-electron chi connectivity index (χ3n) is 6.89. The first-order valence-electron chi connectivity index (χ1n) is 11.4. The topological polar surface area (TPSA) is 111 Å². The molecule has 4 heterocycles. The molecule has 0 radical (unpaired) electrons. The molecule has 1 aliphatic heterocycles. The van der Waals surface area contributed by atoms with E-state index in [4.69, 9.17) is 9.26 Å². The maximum atomic E-state index is 13.7. The summed E-state index contributed by atoms with van der Waals surface area (Å²) in [4.78, 5) is 25.0. The van der Waals surface area contributed by atoms with Crippen molar-refractivity contribution in [1.82, 2.24) is 29.0 Å². The van der Waals surface area contributed by atoms with E-state index in [9.17, 15) is 9.90 Å². The third kappa shape index (κ3) is 3.36. The van der Waals surface area contributed by atoms with Crippen LogP contribution < -0.4 is 5.56 Å². The second-order valence-corrected chi connectivity index (χ2v) is 8.98. The number of aliphatic hydroxyl groups excluding tert-OH is 1.